The van der Waals surface area contributed by atoms with E-state index >= 15 is 0 Å². The van der Waals surface area contributed by atoms with Crippen molar-refractivity contribution in [2.45, 2.75) is 56.1 Å². The molecule has 0 saturated heterocycles. The molecule has 3 N–H and O–H groups in total. The lowest BCUT2D eigenvalue weighted by Gasteiger charge is -2.03. The van der Waals surface area contributed by atoms with E-state index in [1.54, 1.807) is 12.3 Å². The maximum Gasteiger partial charge on any atom is 0.242 e. The van der Waals surface area contributed by atoms with E-state index in [9.17, 15) is 8.42 Å². The molecular weight excluding hydrogens is 262 g/mol. The fourth-order valence-electron chi connectivity index (χ4n) is 2.33. The van der Waals surface area contributed by atoms with Crippen LogP contribution in [-0.4, -0.2) is 25.5 Å². The Balaban J connectivity index is 1.60. The van der Waals surface area contributed by atoms with Crippen molar-refractivity contribution in [3.63, 3.8) is 0 Å². The summed E-state index contributed by atoms with van der Waals surface area (Å²) in [4.78, 5) is 3.38. The highest BCUT2D eigenvalue weighted by atomic mass is 32.2. The lowest BCUT2D eigenvalue weighted by molar-refractivity contribution is 0.576. The number of rotatable bonds is 7. The van der Waals surface area contributed by atoms with Gasteiger partial charge in [-0.2, -0.15) is 0 Å². The highest BCUT2D eigenvalue weighted by Gasteiger charge is 2.38. The first kappa shape index (κ1) is 13.1. The van der Waals surface area contributed by atoms with Crippen LogP contribution in [0.1, 0.15) is 38.3 Å². The van der Waals surface area contributed by atoms with Gasteiger partial charge in [-0.3, -0.25) is 0 Å². The minimum atomic E-state index is -3.35. The quantitative estimate of drug-likeness (QED) is 0.707. The molecule has 0 spiro atoms. The molecule has 2 saturated carbocycles. The van der Waals surface area contributed by atoms with Gasteiger partial charge in [-0.15, -0.1) is 0 Å². The second-order valence-electron chi connectivity index (χ2n) is 5.65. The van der Waals surface area contributed by atoms with Gasteiger partial charge >= 0.3 is 0 Å². The first-order valence-electron chi connectivity index (χ1n) is 7.01. The van der Waals surface area contributed by atoms with Crippen molar-refractivity contribution in [3.05, 3.63) is 18.0 Å². The second-order valence-corrected chi connectivity index (χ2v) is 7.36. The van der Waals surface area contributed by atoms with Crippen molar-refractivity contribution in [3.8, 4) is 0 Å². The third-order valence-electron chi connectivity index (χ3n) is 3.94. The summed E-state index contributed by atoms with van der Waals surface area (Å²) in [6, 6.07) is 2.48. The summed E-state index contributed by atoms with van der Waals surface area (Å²) < 4.78 is 27.1. The Labute approximate surface area is 114 Å². The molecule has 2 fully saturated rings. The van der Waals surface area contributed by atoms with Gasteiger partial charge in [0.1, 0.15) is 0 Å². The van der Waals surface area contributed by atoms with Crippen LogP contribution in [0.4, 0.5) is 0 Å². The van der Waals surface area contributed by atoms with E-state index in [1.807, 2.05) is 0 Å². The molecule has 0 aromatic carbocycles. The largest absolute Gasteiger partial charge is 0.363 e. The summed E-state index contributed by atoms with van der Waals surface area (Å²) in [5.74, 6) is 0.518. The molecule has 2 aliphatic carbocycles. The van der Waals surface area contributed by atoms with Gasteiger partial charge in [-0.1, -0.05) is 13.3 Å². The van der Waals surface area contributed by atoms with E-state index < -0.39 is 10.0 Å². The highest BCUT2D eigenvalue weighted by molar-refractivity contribution is 7.89. The van der Waals surface area contributed by atoms with E-state index in [-0.39, 0.29) is 6.04 Å². The Bertz CT molecular complexity index is 548. The maximum absolute atomic E-state index is 12.2. The molecule has 106 valence electrons. The third-order valence-corrected chi connectivity index (χ3v) is 5.41. The predicted molar refractivity (Wildman–Crippen MR) is 73.2 cm³/mol. The lowest BCUT2D eigenvalue weighted by atomic mass is 10.3. The number of sulfonamides is 1. The van der Waals surface area contributed by atoms with Crippen LogP contribution in [-0.2, 0) is 16.6 Å². The summed E-state index contributed by atoms with van der Waals surface area (Å²) in [6.07, 6.45) is 6.05. The molecule has 19 heavy (non-hydrogen) atoms. The fourth-order valence-corrected chi connectivity index (χ4v) is 3.66. The van der Waals surface area contributed by atoms with E-state index in [0.29, 0.717) is 23.4 Å². The highest BCUT2D eigenvalue weighted by Crippen LogP contribution is 2.34. The van der Waals surface area contributed by atoms with E-state index in [2.05, 4.69) is 21.9 Å². The lowest BCUT2D eigenvalue weighted by Crippen LogP contribution is -2.26. The van der Waals surface area contributed by atoms with Crippen LogP contribution < -0.4 is 10.0 Å². The van der Waals surface area contributed by atoms with Gasteiger partial charge in [0.25, 0.3) is 0 Å². The van der Waals surface area contributed by atoms with Gasteiger partial charge in [0.15, 0.2) is 0 Å². The average molecular weight is 283 g/mol. The molecular formula is C13H21N3O2S. The number of aromatic amines is 1. The van der Waals surface area contributed by atoms with E-state index in [0.717, 1.165) is 18.5 Å². The smallest absolute Gasteiger partial charge is 0.242 e. The van der Waals surface area contributed by atoms with E-state index in [1.165, 1.54) is 12.8 Å². The van der Waals surface area contributed by atoms with Gasteiger partial charge in [0.2, 0.25) is 10.0 Å². The summed E-state index contributed by atoms with van der Waals surface area (Å²) in [7, 11) is -3.35. The van der Waals surface area contributed by atoms with Crippen LogP contribution in [0.5, 0.6) is 0 Å². The molecule has 2 unspecified atom stereocenters. The monoisotopic (exact) mass is 283 g/mol. The molecule has 3 rings (SSSR count). The minimum absolute atomic E-state index is 0.137. The molecule has 2 atom stereocenters. The summed E-state index contributed by atoms with van der Waals surface area (Å²) in [6.45, 7) is 2.80. The number of H-pyrrole nitrogens is 1. The summed E-state index contributed by atoms with van der Waals surface area (Å²) in [5.41, 5.74) is 0.926. The first-order chi connectivity index (χ1) is 9.08. The minimum Gasteiger partial charge on any atom is -0.363 e. The van der Waals surface area contributed by atoms with Crippen LogP contribution in [0.2, 0.25) is 0 Å². The molecule has 5 nitrogen and oxygen atoms in total. The van der Waals surface area contributed by atoms with Crippen molar-refractivity contribution in [1.82, 2.24) is 15.0 Å². The Morgan fingerprint density at radius 1 is 1.42 bits per heavy atom. The zero-order valence-corrected chi connectivity index (χ0v) is 12.0. The molecule has 0 amide bonds. The van der Waals surface area contributed by atoms with Crippen LogP contribution in [0.3, 0.4) is 0 Å². The summed E-state index contributed by atoms with van der Waals surface area (Å²) in [5, 5.41) is 3.36. The van der Waals surface area contributed by atoms with Crippen LogP contribution >= 0.6 is 0 Å². The molecule has 0 aliphatic heterocycles. The van der Waals surface area contributed by atoms with Crippen molar-refractivity contribution in [1.29, 1.82) is 0 Å². The van der Waals surface area contributed by atoms with Gasteiger partial charge in [-0.05, 0) is 31.2 Å². The maximum atomic E-state index is 12.2. The van der Waals surface area contributed by atoms with Crippen molar-refractivity contribution in [2.24, 2.45) is 5.92 Å². The Kier molecular flexibility index (Phi) is 3.41. The standard InChI is InChI=1S/C13H21N3O2S/c1-2-9-5-13(9)16-19(17,18)12-6-11(15-8-12)7-14-10-3-4-10/h6,8-10,13-16H,2-5,7H2,1H3. The fraction of sp³-hybridized carbons (Fsp3) is 0.692. The number of hydrogen-bond acceptors (Lipinski definition) is 3. The zero-order chi connectivity index (χ0) is 13.5. The molecule has 0 radical (unpaired) electrons. The van der Waals surface area contributed by atoms with Crippen LogP contribution in [0.15, 0.2) is 17.2 Å². The van der Waals surface area contributed by atoms with Crippen LogP contribution in [0.25, 0.3) is 0 Å². The van der Waals surface area contributed by atoms with Gasteiger partial charge in [0, 0.05) is 30.5 Å². The third kappa shape index (κ3) is 3.19. The van der Waals surface area contributed by atoms with Crippen molar-refractivity contribution in [2.75, 3.05) is 0 Å². The van der Waals surface area contributed by atoms with Crippen molar-refractivity contribution < 1.29 is 8.42 Å². The average Bonchev–Trinajstić information content (AvgIpc) is 3.27. The Hall–Kier alpha value is -0.850. The molecule has 1 aromatic rings. The zero-order valence-electron chi connectivity index (χ0n) is 11.1. The van der Waals surface area contributed by atoms with E-state index in [4.69, 9.17) is 0 Å². The van der Waals surface area contributed by atoms with Gasteiger partial charge in [-0.25, -0.2) is 13.1 Å². The normalized spacial score (nSPS) is 26.6. The number of aromatic nitrogens is 1. The molecule has 6 heteroatoms. The van der Waals surface area contributed by atoms with Gasteiger partial charge in [0.05, 0.1) is 4.90 Å². The first-order valence-corrected chi connectivity index (χ1v) is 8.50. The Morgan fingerprint density at radius 2 is 2.21 bits per heavy atom. The predicted octanol–water partition coefficient (Wildman–Crippen LogP) is 1.34. The molecule has 2 aliphatic rings. The van der Waals surface area contributed by atoms with Crippen LogP contribution in [0, 0.1) is 5.92 Å². The number of hydrogen-bond donors (Lipinski definition) is 3. The summed E-state index contributed by atoms with van der Waals surface area (Å²) >= 11 is 0. The Morgan fingerprint density at radius 3 is 2.84 bits per heavy atom. The van der Waals surface area contributed by atoms with Crippen molar-refractivity contribution >= 4 is 10.0 Å². The number of nitrogens with one attached hydrogen (secondary N) is 3. The second kappa shape index (κ2) is 4.92. The molecule has 1 aromatic heterocycles. The molecule has 0 bridgehead atoms. The molecule has 1 heterocycles. The van der Waals surface area contributed by atoms with Gasteiger partial charge < -0.3 is 10.3 Å². The SMILES string of the molecule is CCC1CC1NS(=O)(=O)c1c[nH]c(CNC2CC2)c1. The topological polar surface area (TPSA) is 74.0 Å².